The summed E-state index contributed by atoms with van der Waals surface area (Å²) in [4.78, 5) is 39.6. The molecule has 2 heterocycles. The largest absolute Gasteiger partial charge is 0.380 e. The molecule has 182 valence electrons. The van der Waals surface area contributed by atoms with Crippen LogP contribution in [-0.2, 0) is 9.53 Å². The maximum absolute atomic E-state index is 14.9. The number of methoxy groups -OCH3 is 1. The summed E-state index contributed by atoms with van der Waals surface area (Å²) in [6.07, 6.45) is 1.42. The Morgan fingerprint density at radius 1 is 1.14 bits per heavy atom. The average Bonchev–Trinajstić information content (AvgIpc) is 3.29. The number of rotatable bonds is 5. The third-order valence-corrected chi connectivity index (χ3v) is 6.50. The SMILES string of the molecule is CO[C@@H]1C[C@H](C(=O)Nc2ccc(-n3cccc(Br)c3=O)cc2F)N(C(=O)Nc2ccc(Cl)cc2)C1. The molecule has 0 aliphatic carbocycles. The maximum atomic E-state index is 14.9. The van der Waals surface area contributed by atoms with Gasteiger partial charge in [0.2, 0.25) is 5.91 Å². The van der Waals surface area contributed by atoms with Crippen LogP contribution >= 0.6 is 27.5 Å². The highest BCUT2D eigenvalue weighted by molar-refractivity contribution is 9.10. The zero-order chi connectivity index (χ0) is 25.1. The molecule has 0 bridgehead atoms. The molecule has 0 unspecified atom stereocenters. The number of ether oxygens (including phenoxy) is 1. The van der Waals surface area contributed by atoms with Gasteiger partial charge >= 0.3 is 6.03 Å². The van der Waals surface area contributed by atoms with Gasteiger partial charge in [-0.2, -0.15) is 0 Å². The molecule has 0 spiro atoms. The van der Waals surface area contributed by atoms with Crippen LogP contribution in [0.25, 0.3) is 5.69 Å². The van der Waals surface area contributed by atoms with E-state index < -0.39 is 23.8 Å². The lowest BCUT2D eigenvalue weighted by Gasteiger charge is -2.24. The van der Waals surface area contributed by atoms with E-state index in [1.165, 1.54) is 34.9 Å². The van der Waals surface area contributed by atoms with Crippen LogP contribution < -0.4 is 16.2 Å². The first kappa shape index (κ1) is 24.9. The Kier molecular flexibility index (Phi) is 7.54. The van der Waals surface area contributed by atoms with Gasteiger partial charge in [-0.05, 0) is 64.5 Å². The summed E-state index contributed by atoms with van der Waals surface area (Å²) in [6.45, 7) is 0.196. The number of urea groups is 1. The molecule has 2 atom stereocenters. The Morgan fingerprint density at radius 3 is 2.57 bits per heavy atom. The van der Waals surface area contributed by atoms with Crippen molar-refractivity contribution in [2.45, 2.75) is 18.6 Å². The van der Waals surface area contributed by atoms with Gasteiger partial charge < -0.3 is 20.3 Å². The molecule has 1 aliphatic rings. The van der Waals surface area contributed by atoms with E-state index in [-0.39, 0.29) is 30.3 Å². The molecule has 4 rings (SSSR count). The molecule has 1 fully saturated rings. The highest BCUT2D eigenvalue weighted by Crippen LogP contribution is 2.25. The van der Waals surface area contributed by atoms with Gasteiger partial charge in [0.05, 0.1) is 22.0 Å². The third kappa shape index (κ3) is 5.55. The molecule has 8 nitrogen and oxygen atoms in total. The second-order valence-corrected chi connectivity index (χ2v) is 9.17. The van der Waals surface area contributed by atoms with Crippen molar-refractivity contribution in [3.05, 3.63) is 86.5 Å². The lowest BCUT2D eigenvalue weighted by Crippen LogP contribution is -2.45. The number of hydrogen-bond acceptors (Lipinski definition) is 4. The lowest BCUT2D eigenvalue weighted by molar-refractivity contribution is -0.119. The van der Waals surface area contributed by atoms with E-state index in [9.17, 15) is 18.8 Å². The van der Waals surface area contributed by atoms with Gasteiger partial charge in [0, 0.05) is 43.0 Å². The molecule has 3 aromatic rings. The molecule has 2 N–H and O–H groups in total. The maximum Gasteiger partial charge on any atom is 0.322 e. The number of hydrogen-bond donors (Lipinski definition) is 2. The van der Waals surface area contributed by atoms with Gasteiger partial charge in [-0.15, -0.1) is 0 Å². The number of aromatic nitrogens is 1. The van der Waals surface area contributed by atoms with E-state index >= 15 is 0 Å². The number of anilines is 2. The summed E-state index contributed by atoms with van der Waals surface area (Å²) >= 11 is 9.05. The molecule has 2 aromatic carbocycles. The number of amides is 3. The molecule has 11 heteroatoms. The smallest absolute Gasteiger partial charge is 0.322 e. The van der Waals surface area contributed by atoms with Crippen LogP contribution in [0.15, 0.2) is 70.1 Å². The van der Waals surface area contributed by atoms with Crippen LogP contribution in [0.4, 0.5) is 20.6 Å². The van der Waals surface area contributed by atoms with Crippen molar-refractivity contribution in [3.8, 4) is 5.69 Å². The number of pyridine rings is 1. The summed E-state index contributed by atoms with van der Waals surface area (Å²) in [7, 11) is 1.50. The number of nitrogens with one attached hydrogen (secondary N) is 2. The van der Waals surface area contributed by atoms with Crippen LogP contribution in [0.5, 0.6) is 0 Å². The monoisotopic (exact) mass is 562 g/mol. The summed E-state index contributed by atoms with van der Waals surface area (Å²) in [5, 5.41) is 5.81. The van der Waals surface area contributed by atoms with E-state index in [0.29, 0.717) is 20.9 Å². The Morgan fingerprint density at radius 2 is 1.89 bits per heavy atom. The van der Waals surface area contributed by atoms with Crippen molar-refractivity contribution in [3.63, 3.8) is 0 Å². The zero-order valence-corrected chi connectivity index (χ0v) is 20.8. The van der Waals surface area contributed by atoms with E-state index in [2.05, 4.69) is 26.6 Å². The van der Waals surface area contributed by atoms with Gasteiger partial charge in [0.1, 0.15) is 11.9 Å². The normalized spacial score (nSPS) is 17.3. The number of benzene rings is 2. The number of nitrogens with zero attached hydrogens (tertiary/aromatic N) is 2. The third-order valence-electron chi connectivity index (χ3n) is 5.64. The molecule has 0 radical (unpaired) electrons. The zero-order valence-electron chi connectivity index (χ0n) is 18.5. The summed E-state index contributed by atoms with van der Waals surface area (Å²) in [6, 6.07) is 12.5. The van der Waals surface area contributed by atoms with E-state index in [1.54, 1.807) is 36.4 Å². The Balaban J connectivity index is 1.51. The Hall–Kier alpha value is -3.21. The molecule has 1 aromatic heterocycles. The van der Waals surface area contributed by atoms with Crippen molar-refractivity contribution < 1.29 is 18.7 Å². The van der Waals surface area contributed by atoms with Crippen LogP contribution in [0, 0.1) is 5.82 Å². The van der Waals surface area contributed by atoms with E-state index in [0.717, 1.165) is 6.07 Å². The predicted octanol–water partition coefficient (Wildman–Crippen LogP) is 4.65. The highest BCUT2D eigenvalue weighted by Gasteiger charge is 2.40. The fourth-order valence-corrected chi connectivity index (χ4v) is 4.28. The minimum absolute atomic E-state index is 0.0688. The first-order valence-corrected chi connectivity index (χ1v) is 11.8. The number of likely N-dealkylation sites (tertiary alicyclic amines) is 1. The van der Waals surface area contributed by atoms with Gasteiger partial charge in [-0.3, -0.25) is 14.2 Å². The quantitative estimate of drug-likeness (QED) is 0.473. The Bertz CT molecular complexity index is 1320. The fraction of sp³-hybridized carbons (Fsp3) is 0.208. The van der Waals surface area contributed by atoms with Gasteiger partial charge in [0.25, 0.3) is 5.56 Å². The molecular weight excluding hydrogens is 543 g/mol. The fourth-order valence-electron chi connectivity index (χ4n) is 3.81. The van der Waals surface area contributed by atoms with Crippen molar-refractivity contribution in [2.24, 2.45) is 0 Å². The standard InChI is InChI=1S/C24H21BrClFN4O4/c1-35-17-12-21(31(13-17)24(34)28-15-6-4-14(26)5-7-15)22(32)29-20-9-8-16(11-19(20)27)30-10-2-3-18(25)23(30)33/h2-11,17,21H,12-13H2,1H3,(H,28,34)(H,29,32)/t17-,21-/m1/s1. The molecular formula is C24H21BrClFN4O4. The summed E-state index contributed by atoms with van der Waals surface area (Å²) < 4.78 is 21.8. The van der Waals surface area contributed by atoms with E-state index in [1.807, 2.05) is 0 Å². The van der Waals surface area contributed by atoms with Crippen molar-refractivity contribution >= 4 is 50.8 Å². The first-order valence-electron chi connectivity index (χ1n) is 10.6. The number of halogens is 3. The van der Waals surface area contributed by atoms with Crippen LogP contribution in [0.2, 0.25) is 5.02 Å². The van der Waals surface area contributed by atoms with Crippen molar-refractivity contribution in [1.82, 2.24) is 9.47 Å². The molecule has 1 aliphatic heterocycles. The minimum Gasteiger partial charge on any atom is -0.380 e. The van der Waals surface area contributed by atoms with Crippen molar-refractivity contribution in [1.29, 1.82) is 0 Å². The molecule has 3 amide bonds. The van der Waals surface area contributed by atoms with Gasteiger partial charge in [-0.25, -0.2) is 9.18 Å². The van der Waals surface area contributed by atoms with Crippen molar-refractivity contribution in [2.75, 3.05) is 24.3 Å². The summed E-state index contributed by atoms with van der Waals surface area (Å²) in [5.41, 5.74) is 0.406. The lowest BCUT2D eigenvalue weighted by atomic mass is 10.1. The van der Waals surface area contributed by atoms with Crippen LogP contribution in [0.3, 0.4) is 0 Å². The predicted molar refractivity (Wildman–Crippen MR) is 135 cm³/mol. The number of carbonyl (C=O) groups is 2. The highest BCUT2D eigenvalue weighted by atomic mass is 79.9. The minimum atomic E-state index is -0.876. The van der Waals surface area contributed by atoms with Gasteiger partial charge in [0.15, 0.2) is 0 Å². The Labute approximate surface area is 213 Å². The first-order chi connectivity index (χ1) is 16.8. The van der Waals surface area contributed by atoms with Gasteiger partial charge in [-0.1, -0.05) is 11.6 Å². The van der Waals surface area contributed by atoms with Crippen LogP contribution in [-0.4, -0.2) is 47.2 Å². The summed E-state index contributed by atoms with van der Waals surface area (Å²) in [5.74, 6) is -1.27. The molecule has 0 saturated carbocycles. The average molecular weight is 564 g/mol. The number of carbonyl (C=O) groups excluding carboxylic acids is 2. The molecule has 1 saturated heterocycles. The molecule has 35 heavy (non-hydrogen) atoms. The van der Waals surface area contributed by atoms with Crippen LogP contribution in [0.1, 0.15) is 6.42 Å². The topological polar surface area (TPSA) is 92.7 Å². The van der Waals surface area contributed by atoms with E-state index in [4.69, 9.17) is 16.3 Å². The second kappa shape index (κ2) is 10.6. The second-order valence-electron chi connectivity index (χ2n) is 7.88.